The summed E-state index contributed by atoms with van der Waals surface area (Å²) in [6.07, 6.45) is 7.05. The van der Waals surface area contributed by atoms with Gasteiger partial charge in [-0.1, -0.05) is 44.4 Å². The summed E-state index contributed by atoms with van der Waals surface area (Å²) in [6.45, 7) is 0.800. The quantitative estimate of drug-likeness (QED) is 0.0659. The molecule has 0 amide bonds. The van der Waals surface area contributed by atoms with E-state index in [1.165, 1.54) is 12.8 Å². The van der Waals surface area contributed by atoms with Crippen LogP contribution in [0.4, 0.5) is 0 Å². The summed E-state index contributed by atoms with van der Waals surface area (Å²) in [5, 5.41) is 28.2. The number of carbonyl (C=O) groups is 1. The number of nitrogens with one attached hydrogen (secondary N) is 1. The van der Waals surface area contributed by atoms with Crippen molar-refractivity contribution >= 4 is 204 Å². The fourth-order valence-electron chi connectivity index (χ4n) is 3.82. The highest BCUT2D eigenvalue weighted by Crippen LogP contribution is 3.31. The van der Waals surface area contributed by atoms with E-state index in [0.717, 1.165) is 30.1 Å². The number of nitrogens with zero attached hydrogens (tertiary/aromatic N) is 3. The predicted octanol–water partition coefficient (Wildman–Crippen LogP) is 15.2. The number of halogens is 1. The second-order valence-corrected chi connectivity index (χ2v) is 92.4. The summed E-state index contributed by atoms with van der Waals surface area (Å²) in [5.74, 6) is 0.703. The number of aldehydes is 1. The van der Waals surface area contributed by atoms with Gasteiger partial charge in [-0.25, -0.2) is 0 Å². The number of rotatable bonds is 14. The predicted molar refractivity (Wildman–Crippen MR) is 308 cm³/mol. The molecule has 5 rings (SSSR count). The van der Waals surface area contributed by atoms with E-state index in [1.807, 2.05) is 47.3 Å². The van der Waals surface area contributed by atoms with Crippen LogP contribution in [0.5, 0.6) is 5.75 Å². The third-order valence-electron chi connectivity index (χ3n) is 6.40. The Hall–Kier alpha value is 5.82. The SMILES string of the molecule is Brc1ccn[nH]1.COc1ccc(B(O)O)cc1.O=Cc1ccc(-c2ccn(C3CC3)n2)cc1.PPP(P(P)P)P(P(P(P)P)P(P)P)P(P(P)P)P(P)P. The molecule has 2 aromatic carbocycles. The van der Waals surface area contributed by atoms with Crippen molar-refractivity contribution in [3.05, 3.63) is 83.2 Å². The van der Waals surface area contributed by atoms with Gasteiger partial charge in [-0.3, -0.25) is 14.6 Å². The number of hydrogen-bond acceptors (Lipinski definition) is 6. The lowest BCUT2D eigenvalue weighted by atomic mass is 9.80. The number of methoxy groups -OCH3 is 1. The lowest BCUT2D eigenvalue weighted by Crippen LogP contribution is -2.29. The van der Waals surface area contributed by atoms with Gasteiger partial charge in [0.2, 0.25) is 0 Å². The molecular formula is C23H47BBrN4O4P21. The third-order valence-corrected chi connectivity index (χ3v) is 139. The highest BCUT2D eigenvalue weighted by Gasteiger charge is 2.42. The van der Waals surface area contributed by atoms with Gasteiger partial charge in [-0.05, 0) is 121 Å². The van der Waals surface area contributed by atoms with E-state index in [1.54, 1.807) is 37.6 Å². The average molecular weight is 1180 g/mol. The molecule has 298 valence electrons. The number of hydrogen-bond donors (Lipinski definition) is 3. The molecule has 4 aromatic rings. The largest absolute Gasteiger partial charge is 0.497 e. The zero-order valence-electron chi connectivity index (χ0n) is 28.9. The minimum atomic E-state index is -1.40. The van der Waals surface area contributed by atoms with Crippen LogP contribution in [0, 0.1) is 0 Å². The van der Waals surface area contributed by atoms with Gasteiger partial charge in [0, 0.05) is 23.5 Å². The molecule has 13 atom stereocenters. The molecular weight excluding hydrogens is 1140 g/mol. The van der Waals surface area contributed by atoms with Gasteiger partial charge in [0.05, 0.1) is 18.8 Å². The first-order valence-electron chi connectivity index (χ1n) is 15.0. The number of H-pyrrole nitrogens is 1. The number of carbonyl (C=O) groups excluding carboxylic acids is 1. The molecule has 31 heteroatoms. The Morgan fingerprint density at radius 1 is 0.833 bits per heavy atom. The fourth-order valence-corrected chi connectivity index (χ4v) is 256. The molecule has 1 aliphatic carbocycles. The van der Waals surface area contributed by atoms with E-state index in [0.29, 0.717) is 22.8 Å². The van der Waals surface area contributed by atoms with Gasteiger partial charge in [0.25, 0.3) is 0 Å². The summed E-state index contributed by atoms with van der Waals surface area (Å²) in [4.78, 5) is 10.5. The molecule has 54 heavy (non-hydrogen) atoms. The number of aromatic nitrogens is 4. The number of benzene rings is 2. The lowest BCUT2D eigenvalue weighted by Gasteiger charge is -2.46. The Kier molecular flexibility index (Phi) is 32.0. The normalized spacial score (nSPS) is 13.4. The van der Waals surface area contributed by atoms with Crippen molar-refractivity contribution < 1.29 is 19.6 Å². The van der Waals surface area contributed by atoms with Crippen LogP contribution in [0.15, 0.2) is 77.7 Å². The van der Waals surface area contributed by atoms with Crippen LogP contribution in [0.25, 0.3) is 11.3 Å². The summed E-state index contributed by atoms with van der Waals surface area (Å²) in [5.41, 5.74) is 3.20. The van der Waals surface area contributed by atoms with Crippen LogP contribution in [0.2, 0.25) is 0 Å². The minimum absolute atomic E-state index is 0.0296. The van der Waals surface area contributed by atoms with Crippen LogP contribution in [0.1, 0.15) is 29.2 Å². The van der Waals surface area contributed by atoms with E-state index in [2.05, 4.69) is 129 Å². The van der Waals surface area contributed by atoms with Crippen molar-refractivity contribution in [2.24, 2.45) is 0 Å². The first kappa shape index (κ1) is 56.0. The molecule has 2 heterocycles. The summed E-state index contributed by atoms with van der Waals surface area (Å²) < 4.78 is 7.84. The van der Waals surface area contributed by atoms with Gasteiger partial charge in [-0.2, -0.15) is 10.2 Å². The fraction of sp³-hybridized carbons (Fsp3) is 0.174. The standard InChI is InChI=1S/C13H12N2O.C7H9BO3.C3H3BrN2.H23P21/c16-9-10-1-3-11(4-2-10)13-7-8-15(14-13)12-5-6-12;1-11-7-4-2-6(3-5-7)8(9)10;4-3-1-2-5-6-3;1-12-18(13(2)3)21(19(14(4)5)15(6)7)20(16(8)9)17(10)11/h1-4,7-9,12H,5-6H2;2-5,9-10H,1H3;1-2H,(H,5,6);12H,1-11H2. The smallest absolute Gasteiger partial charge is 0.488 e. The molecule has 8 nitrogen and oxygen atoms in total. The van der Waals surface area contributed by atoms with Crippen LogP contribution in [0.3, 0.4) is 0 Å². The second-order valence-electron chi connectivity index (χ2n) is 10.3. The van der Waals surface area contributed by atoms with Crippen molar-refractivity contribution in [3.8, 4) is 17.0 Å². The van der Waals surface area contributed by atoms with Crippen molar-refractivity contribution in [1.29, 1.82) is 0 Å². The van der Waals surface area contributed by atoms with Gasteiger partial charge in [-0.15, -0.1) is 98.2 Å². The first-order valence-corrected chi connectivity index (χ1v) is 53.3. The highest BCUT2D eigenvalue weighted by atomic mass is 79.9. The highest BCUT2D eigenvalue weighted by molar-refractivity contribution is 9.37. The molecule has 0 saturated heterocycles. The molecule has 1 aliphatic rings. The van der Waals surface area contributed by atoms with E-state index in [-0.39, 0.29) is 62.9 Å². The third kappa shape index (κ3) is 20.8. The van der Waals surface area contributed by atoms with E-state index < -0.39 is 7.12 Å². The molecule has 1 saturated carbocycles. The topological polar surface area (TPSA) is 113 Å². The zero-order valence-corrected chi connectivity index (χ0v) is 52.2. The Bertz CT molecular complexity index is 1570. The Morgan fingerprint density at radius 2 is 1.37 bits per heavy atom. The maximum absolute atomic E-state index is 10.5. The van der Waals surface area contributed by atoms with E-state index >= 15 is 0 Å². The van der Waals surface area contributed by atoms with Gasteiger partial charge in [0.15, 0.2) is 0 Å². The average Bonchev–Trinajstić information content (AvgIpc) is 3.65. The van der Waals surface area contributed by atoms with Gasteiger partial charge < -0.3 is 14.8 Å². The number of ether oxygens (including phenoxy) is 1. The first-order chi connectivity index (χ1) is 25.6. The molecule has 0 bridgehead atoms. The Balaban J connectivity index is 0.000000268. The lowest BCUT2D eigenvalue weighted by molar-refractivity contribution is 0.112. The molecule has 0 aliphatic heterocycles. The van der Waals surface area contributed by atoms with E-state index in [9.17, 15) is 4.79 Å². The monoisotopic (exact) mass is 1180 g/mol. The molecule has 1 fully saturated rings. The van der Waals surface area contributed by atoms with Gasteiger partial charge >= 0.3 is 7.12 Å². The maximum atomic E-state index is 10.5. The zero-order chi connectivity index (χ0) is 40.5. The Labute approximate surface area is 366 Å². The van der Waals surface area contributed by atoms with Crippen molar-refractivity contribution in [2.45, 2.75) is 18.9 Å². The molecule has 0 radical (unpaired) electrons. The van der Waals surface area contributed by atoms with Crippen LogP contribution in [-0.2, 0) is 0 Å². The van der Waals surface area contributed by atoms with Crippen LogP contribution in [-0.4, -0.2) is 50.5 Å². The maximum Gasteiger partial charge on any atom is 0.488 e. The summed E-state index contributed by atoms with van der Waals surface area (Å²) >= 11 is 3.16. The molecule has 13 unspecified atom stereocenters. The minimum Gasteiger partial charge on any atom is -0.497 e. The summed E-state index contributed by atoms with van der Waals surface area (Å²) in [6, 6.07) is 18.5. The Morgan fingerprint density at radius 3 is 1.70 bits per heavy atom. The molecule has 2 aromatic heterocycles. The van der Waals surface area contributed by atoms with Crippen molar-refractivity contribution in [2.75, 3.05) is 7.11 Å². The van der Waals surface area contributed by atoms with Crippen LogP contribution >= 0.6 is 185 Å². The van der Waals surface area contributed by atoms with Crippen molar-refractivity contribution in [1.82, 2.24) is 20.0 Å². The van der Waals surface area contributed by atoms with E-state index in [4.69, 9.17) is 14.8 Å². The second kappa shape index (κ2) is 30.9. The van der Waals surface area contributed by atoms with Gasteiger partial charge in [0.1, 0.15) is 16.6 Å². The summed E-state index contributed by atoms with van der Waals surface area (Å²) in [7, 11) is 36.1. The van der Waals surface area contributed by atoms with Crippen molar-refractivity contribution in [3.63, 3.8) is 0 Å². The van der Waals surface area contributed by atoms with Crippen LogP contribution < -0.4 is 10.2 Å². The molecule has 3 N–H and O–H groups in total. The molecule has 0 spiro atoms. The number of aromatic amines is 1.